The fourth-order valence-corrected chi connectivity index (χ4v) is 3.49. The summed E-state index contributed by atoms with van der Waals surface area (Å²) in [6, 6.07) is 2.22. The Morgan fingerprint density at radius 1 is 1.50 bits per heavy atom. The van der Waals surface area contributed by atoms with Crippen LogP contribution in [0.25, 0.3) is 10.5 Å². The maximum Gasteiger partial charge on any atom is 0.0406 e. The van der Waals surface area contributed by atoms with Crippen LogP contribution in [0.2, 0.25) is 0 Å². The molecule has 1 atom stereocenters. The number of aryl methyl sites for hydroxylation is 1. The number of hydrogen-bond donors (Lipinski definition) is 1. The molecule has 1 aromatic rings. The third kappa shape index (κ3) is 3.86. The van der Waals surface area contributed by atoms with E-state index >= 15 is 0 Å². The second kappa shape index (κ2) is 7.84. The Hall–Kier alpha value is -0.800. The van der Waals surface area contributed by atoms with Crippen LogP contribution in [0.15, 0.2) is 23.2 Å². The number of aliphatic imine (C=N–C) groups is 1. The molecule has 110 valence electrons. The van der Waals surface area contributed by atoms with Gasteiger partial charge < -0.3 is 0 Å². The van der Waals surface area contributed by atoms with E-state index in [2.05, 4.69) is 58.0 Å². The van der Waals surface area contributed by atoms with E-state index < -0.39 is 0 Å². The van der Waals surface area contributed by atoms with Crippen molar-refractivity contribution in [2.24, 2.45) is 10.9 Å². The van der Waals surface area contributed by atoms with E-state index in [-0.39, 0.29) is 0 Å². The van der Waals surface area contributed by atoms with E-state index in [4.69, 9.17) is 0 Å². The van der Waals surface area contributed by atoms with E-state index in [1.165, 1.54) is 21.6 Å². The molecule has 1 unspecified atom stereocenters. The van der Waals surface area contributed by atoms with Gasteiger partial charge in [-0.2, -0.15) is 0 Å². The Kier molecular flexibility index (Phi) is 6.77. The summed E-state index contributed by atoms with van der Waals surface area (Å²) in [6.45, 7) is 12.8. The standard InChI is InChI=1S/C17H25NS2/c1-7-11(3)15(10-18-6)12(4)14-9-17(13(5)19)20-16(14)8-2/h9-11,19H,5,7-8H2,1-4,6H3/b15-12-,18-10?. The molecule has 1 nitrogen and oxygen atoms in total. The van der Waals surface area contributed by atoms with Crippen LogP contribution in [0.4, 0.5) is 0 Å². The van der Waals surface area contributed by atoms with Crippen molar-refractivity contribution < 1.29 is 0 Å². The summed E-state index contributed by atoms with van der Waals surface area (Å²) in [7, 11) is 1.84. The van der Waals surface area contributed by atoms with Gasteiger partial charge in [-0.05, 0) is 48.5 Å². The molecule has 0 saturated heterocycles. The van der Waals surface area contributed by atoms with Crippen LogP contribution < -0.4 is 0 Å². The number of thiol groups is 1. The zero-order chi connectivity index (χ0) is 15.3. The molecule has 0 aliphatic rings. The second-order valence-electron chi connectivity index (χ2n) is 5.02. The van der Waals surface area contributed by atoms with E-state index in [0.717, 1.165) is 22.6 Å². The molecule has 0 aliphatic carbocycles. The molecular weight excluding hydrogens is 282 g/mol. The lowest BCUT2D eigenvalue weighted by Crippen LogP contribution is -2.03. The van der Waals surface area contributed by atoms with Crippen LogP contribution in [-0.2, 0) is 6.42 Å². The summed E-state index contributed by atoms with van der Waals surface area (Å²) in [5.41, 5.74) is 4.00. The highest BCUT2D eigenvalue weighted by molar-refractivity contribution is 7.90. The van der Waals surface area contributed by atoms with Gasteiger partial charge >= 0.3 is 0 Å². The summed E-state index contributed by atoms with van der Waals surface area (Å²) in [5.74, 6) is 0.519. The first kappa shape index (κ1) is 17.3. The fourth-order valence-electron chi connectivity index (χ4n) is 2.26. The third-order valence-electron chi connectivity index (χ3n) is 3.66. The maximum atomic E-state index is 4.38. The highest BCUT2D eigenvalue weighted by Crippen LogP contribution is 2.35. The number of hydrogen-bond acceptors (Lipinski definition) is 3. The number of nitrogens with zero attached hydrogens (tertiary/aromatic N) is 1. The van der Waals surface area contributed by atoms with Crippen molar-refractivity contribution >= 4 is 40.7 Å². The van der Waals surface area contributed by atoms with Crippen LogP contribution in [0.1, 0.15) is 49.4 Å². The molecule has 0 fully saturated rings. The van der Waals surface area contributed by atoms with E-state index in [1.807, 2.05) is 13.3 Å². The summed E-state index contributed by atoms with van der Waals surface area (Å²) in [4.78, 5) is 7.65. The zero-order valence-corrected chi connectivity index (χ0v) is 14.9. The van der Waals surface area contributed by atoms with Gasteiger partial charge in [0.1, 0.15) is 0 Å². The van der Waals surface area contributed by atoms with Gasteiger partial charge in [0.2, 0.25) is 0 Å². The lowest BCUT2D eigenvalue weighted by molar-refractivity contribution is 0.681. The first-order valence-electron chi connectivity index (χ1n) is 7.10. The van der Waals surface area contributed by atoms with E-state index in [1.54, 1.807) is 11.3 Å². The predicted molar refractivity (Wildman–Crippen MR) is 98.2 cm³/mol. The van der Waals surface area contributed by atoms with Crippen LogP contribution in [0.5, 0.6) is 0 Å². The molecule has 3 heteroatoms. The van der Waals surface area contributed by atoms with E-state index in [9.17, 15) is 0 Å². The van der Waals surface area contributed by atoms with Crippen LogP contribution in [0, 0.1) is 5.92 Å². The maximum absolute atomic E-state index is 4.38. The molecular formula is C17H25NS2. The Balaban J connectivity index is 3.42. The predicted octanol–water partition coefficient (Wildman–Crippen LogP) is 5.73. The Labute approximate surface area is 132 Å². The minimum atomic E-state index is 0.519. The summed E-state index contributed by atoms with van der Waals surface area (Å²) in [5, 5.41) is 0. The highest BCUT2D eigenvalue weighted by Gasteiger charge is 2.15. The molecule has 0 N–H and O–H groups in total. The summed E-state index contributed by atoms with van der Waals surface area (Å²) < 4.78 is 0. The van der Waals surface area contributed by atoms with Gasteiger partial charge in [0.05, 0.1) is 0 Å². The average molecular weight is 308 g/mol. The lowest BCUT2D eigenvalue weighted by Gasteiger charge is -2.14. The van der Waals surface area contributed by atoms with Gasteiger partial charge in [0, 0.05) is 27.9 Å². The quantitative estimate of drug-likeness (QED) is 0.509. The number of thiophene rings is 1. The number of allylic oxidation sites excluding steroid dienone is 2. The molecule has 1 rings (SSSR count). The topological polar surface area (TPSA) is 12.4 Å². The van der Waals surface area contributed by atoms with Crippen molar-refractivity contribution in [1.29, 1.82) is 0 Å². The van der Waals surface area contributed by atoms with Gasteiger partial charge in [0.15, 0.2) is 0 Å². The van der Waals surface area contributed by atoms with Crippen LogP contribution in [0.3, 0.4) is 0 Å². The minimum absolute atomic E-state index is 0.519. The van der Waals surface area contributed by atoms with Crippen molar-refractivity contribution in [3.63, 3.8) is 0 Å². The van der Waals surface area contributed by atoms with Crippen molar-refractivity contribution in [2.75, 3.05) is 7.05 Å². The molecule has 0 amide bonds. The molecule has 0 spiro atoms. The Bertz CT molecular complexity index is 535. The Morgan fingerprint density at radius 3 is 2.60 bits per heavy atom. The normalized spacial score (nSPS) is 14.5. The van der Waals surface area contributed by atoms with Gasteiger partial charge in [-0.25, -0.2) is 0 Å². The number of rotatable bonds is 6. The van der Waals surface area contributed by atoms with Crippen molar-refractivity contribution in [1.82, 2.24) is 0 Å². The van der Waals surface area contributed by atoms with Gasteiger partial charge in [-0.1, -0.05) is 27.4 Å². The molecule has 1 aromatic heterocycles. The minimum Gasteiger partial charge on any atom is -0.296 e. The Morgan fingerprint density at radius 2 is 2.15 bits per heavy atom. The first-order valence-corrected chi connectivity index (χ1v) is 8.36. The SMILES string of the molecule is C=C(S)c1cc(/C(C)=C(/C=NC)C(C)CC)c(CC)s1. The second-order valence-corrected chi connectivity index (χ2v) is 6.70. The smallest absolute Gasteiger partial charge is 0.0406 e. The largest absolute Gasteiger partial charge is 0.296 e. The van der Waals surface area contributed by atoms with Crippen molar-refractivity contribution in [3.05, 3.63) is 33.5 Å². The fraction of sp³-hybridized carbons (Fsp3) is 0.471. The van der Waals surface area contributed by atoms with Crippen LogP contribution >= 0.6 is 24.0 Å². The van der Waals surface area contributed by atoms with E-state index in [0.29, 0.717) is 5.92 Å². The summed E-state index contributed by atoms with van der Waals surface area (Å²) in [6.07, 6.45) is 4.17. The van der Waals surface area contributed by atoms with Gasteiger partial charge in [-0.3, -0.25) is 4.99 Å². The average Bonchev–Trinajstić information content (AvgIpc) is 2.87. The monoisotopic (exact) mass is 307 g/mol. The highest BCUT2D eigenvalue weighted by atomic mass is 32.1. The molecule has 0 saturated carbocycles. The van der Waals surface area contributed by atoms with Crippen molar-refractivity contribution in [2.45, 2.75) is 40.5 Å². The van der Waals surface area contributed by atoms with Gasteiger partial charge in [-0.15, -0.1) is 24.0 Å². The first-order chi connectivity index (χ1) is 9.46. The third-order valence-corrected chi connectivity index (χ3v) is 5.39. The lowest BCUT2D eigenvalue weighted by atomic mass is 9.91. The van der Waals surface area contributed by atoms with Crippen molar-refractivity contribution in [3.8, 4) is 0 Å². The van der Waals surface area contributed by atoms with Crippen LogP contribution in [-0.4, -0.2) is 13.3 Å². The zero-order valence-electron chi connectivity index (χ0n) is 13.2. The molecule has 0 radical (unpaired) electrons. The molecule has 20 heavy (non-hydrogen) atoms. The molecule has 0 bridgehead atoms. The molecule has 0 aliphatic heterocycles. The summed E-state index contributed by atoms with van der Waals surface area (Å²) >= 11 is 6.18. The molecule has 0 aromatic carbocycles. The molecule has 1 heterocycles. The van der Waals surface area contributed by atoms with Gasteiger partial charge in [0.25, 0.3) is 0 Å².